The Kier molecular flexibility index (Phi) is 4.58. The number of alkyl halides is 3. The van der Waals surface area contributed by atoms with Crippen LogP contribution in [0, 0.1) is 0 Å². The summed E-state index contributed by atoms with van der Waals surface area (Å²) in [5, 5.41) is 0. The first-order valence-corrected chi connectivity index (χ1v) is 8.68. The Morgan fingerprint density at radius 3 is 2.68 bits per heavy atom. The zero-order valence-corrected chi connectivity index (χ0v) is 14.9. The van der Waals surface area contributed by atoms with Crippen LogP contribution in [0.3, 0.4) is 0 Å². The van der Waals surface area contributed by atoms with E-state index in [1.54, 1.807) is 11.9 Å². The molecule has 0 aromatic carbocycles. The molecular formula is C18H17F3N4O3. The summed E-state index contributed by atoms with van der Waals surface area (Å²) in [6.45, 7) is 1.09. The van der Waals surface area contributed by atoms with Crippen LogP contribution in [0.15, 0.2) is 35.5 Å². The Morgan fingerprint density at radius 1 is 1.29 bits per heavy atom. The first-order chi connectivity index (χ1) is 13.4. The van der Waals surface area contributed by atoms with Gasteiger partial charge in [-0.05, 0) is 18.9 Å². The van der Waals surface area contributed by atoms with E-state index in [-0.39, 0.29) is 28.7 Å². The first-order valence-electron chi connectivity index (χ1n) is 8.68. The van der Waals surface area contributed by atoms with Gasteiger partial charge in [0, 0.05) is 32.5 Å². The van der Waals surface area contributed by atoms with Crippen LogP contribution in [0.25, 0.3) is 17.0 Å². The lowest BCUT2D eigenvalue weighted by molar-refractivity contribution is -0.137. The van der Waals surface area contributed by atoms with Crippen LogP contribution in [0.2, 0.25) is 0 Å². The molecule has 0 N–H and O–H groups in total. The number of halogens is 3. The molecule has 148 valence electrons. The molecule has 0 radical (unpaired) electrons. The Labute approximate surface area is 157 Å². The highest BCUT2D eigenvalue weighted by Crippen LogP contribution is 2.34. The van der Waals surface area contributed by atoms with Gasteiger partial charge in [-0.2, -0.15) is 13.2 Å². The second-order valence-corrected chi connectivity index (χ2v) is 6.60. The van der Waals surface area contributed by atoms with Crippen LogP contribution in [0.4, 0.5) is 13.2 Å². The van der Waals surface area contributed by atoms with Crippen molar-refractivity contribution in [3.8, 4) is 11.3 Å². The number of nitrogens with zero attached hydrogens (tertiary/aromatic N) is 4. The molecule has 0 bridgehead atoms. The summed E-state index contributed by atoms with van der Waals surface area (Å²) in [5.74, 6) is -0.263. The Hall–Kier alpha value is -2.88. The SMILES string of the molecule is CN(C(=O)c1cnc2c(-c3cnco3)cc(C(F)(F)F)cn12)C1CCOCC1. The molecule has 0 spiro atoms. The van der Waals surface area contributed by atoms with E-state index in [9.17, 15) is 18.0 Å². The van der Waals surface area contributed by atoms with Gasteiger partial charge in [-0.1, -0.05) is 0 Å². The fraction of sp³-hybridized carbons (Fsp3) is 0.389. The van der Waals surface area contributed by atoms with E-state index in [1.165, 1.54) is 16.8 Å². The van der Waals surface area contributed by atoms with Gasteiger partial charge in [0.2, 0.25) is 0 Å². The predicted molar refractivity (Wildman–Crippen MR) is 91.6 cm³/mol. The fourth-order valence-electron chi connectivity index (χ4n) is 3.35. The summed E-state index contributed by atoms with van der Waals surface area (Å²) in [7, 11) is 1.64. The average Bonchev–Trinajstić information content (AvgIpc) is 3.36. The van der Waals surface area contributed by atoms with Gasteiger partial charge in [0.05, 0.1) is 23.5 Å². The average molecular weight is 394 g/mol. The molecule has 1 amide bonds. The maximum absolute atomic E-state index is 13.4. The minimum absolute atomic E-state index is 0.0358. The summed E-state index contributed by atoms with van der Waals surface area (Å²) in [6.07, 6.45) is 1.35. The van der Waals surface area contributed by atoms with Crippen molar-refractivity contribution in [3.05, 3.63) is 42.3 Å². The predicted octanol–water partition coefficient (Wildman–Crippen LogP) is 3.26. The van der Waals surface area contributed by atoms with Crippen molar-refractivity contribution in [1.82, 2.24) is 19.3 Å². The van der Waals surface area contributed by atoms with Gasteiger partial charge in [0.15, 0.2) is 12.2 Å². The quantitative estimate of drug-likeness (QED) is 0.682. The minimum Gasteiger partial charge on any atom is -0.443 e. The highest BCUT2D eigenvalue weighted by Gasteiger charge is 2.34. The van der Waals surface area contributed by atoms with Crippen LogP contribution in [-0.4, -0.2) is 51.5 Å². The third-order valence-corrected chi connectivity index (χ3v) is 4.91. The number of pyridine rings is 1. The Morgan fingerprint density at radius 2 is 2.04 bits per heavy atom. The van der Waals surface area contributed by atoms with Crippen molar-refractivity contribution in [2.45, 2.75) is 25.1 Å². The van der Waals surface area contributed by atoms with Gasteiger partial charge in [-0.15, -0.1) is 0 Å². The summed E-state index contributed by atoms with van der Waals surface area (Å²) in [5.41, 5.74) is -0.559. The molecule has 7 nitrogen and oxygen atoms in total. The molecule has 1 fully saturated rings. The molecule has 1 aliphatic rings. The number of oxazole rings is 1. The number of fused-ring (bicyclic) bond motifs is 1. The molecule has 4 heterocycles. The molecule has 4 rings (SSSR count). The number of hydrogen-bond donors (Lipinski definition) is 0. The highest BCUT2D eigenvalue weighted by molar-refractivity contribution is 5.94. The van der Waals surface area contributed by atoms with E-state index >= 15 is 0 Å². The smallest absolute Gasteiger partial charge is 0.417 e. The van der Waals surface area contributed by atoms with Crippen molar-refractivity contribution in [1.29, 1.82) is 0 Å². The molecular weight excluding hydrogens is 377 g/mol. The lowest BCUT2D eigenvalue weighted by Gasteiger charge is -2.31. The van der Waals surface area contributed by atoms with Gasteiger partial charge in [0.25, 0.3) is 5.91 Å². The van der Waals surface area contributed by atoms with E-state index in [2.05, 4.69) is 9.97 Å². The minimum atomic E-state index is -4.60. The number of carbonyl (C=O) groups excluding carboxylic acids is 1. The zero-order chi connectivity index (χ0) is 19.9. The third-order valence-electron chi connectivity index (χ3n) is 4.91. The second kappa shape index (κ2) is 6.93. The maximum atomic E-state index is 13.4. The number of aromatic nitrogens is 3. The van der Waals surface area contributed by atoms with E-state index in [4.69, 9.17) is 9.15 Å². The van der Waals surface area contributed by atoms with Crippen LogP contribution >= 0.6 is 0 Å². The van der Waals surface area contributed by atoms with Gasteiger partial charge >= 0.3 is 6.18 Å². The number of ether oxygens (including phenoxy) is 1. The van der Waals surface area contributed by atoms with E-state index in [1.807, 2.05) is 0 Å². The van der Waals surface area contributed by atoms with Crippen molar-refractivity contribution >= 4 is 11.6 Å². The van der Waals surface area contributed by atoms with Crippen molar-refractivity contribution in [3.63, 3.8) is 0 Å². The lowest BCUT2D eigenvalue weighted by atomic mass is 10.1. The molecule has 0 atom stereocenters. The van der Waals surface area contributed by atoms with E-state index in [0.29, 0.717) is 26.1 Å². The largest absolute Gasteiger partial charge is 0.443 e. The molecule has 1 saturated heterocycles. The molecule has 10 heteroatoms. The normalized spacial score (nSPS) is 15.9. The molecule has 0 saturated carbocycles. The van der Waals surface area contributed by atoms with Crippen LogP contribution in [0.5, 0.6) is 0 Å². The molecule has 3 aromatic heterocycles. The summed E-state index contributed by atoms with van der Waals surface area (Å²) < 4.78 is 51.9. The Bertz CT molecular complexity index is 992. The number of amides is 1. The van der Waals surface area contributed by atoms with Gasteiger partial charge in [-0.25, -0.2) is 9.97 Å². The fourth-order valence-corrected chi connectivity index (χ4v) is 3.35. The van der Waals surface area contributed by atoms with Crippen LogP contribution in [-0.2, 0) is 10.9 Å². The monoisotopic (exact) mass is 394 g/mol. The van der Waals surface area contributed by atoms with Crippen LogP contribution in [0.1, 0.15) is 28.9 Å². The first kappa shape index (κ1) is 18.5. The van der Waals surface area contributed by atoms with Crippen LogP contribution < -0.4 is 0 Å². The summed E-state index contributed by atoms with van der Waals surface area (Å²) in [4.78, 5) is 22.5. The van der Waals surface area contributed by atoms with Gasteiger partial charge in [-0.3, -0.25) is 9.20 Å². The van der Waals surface area contributed by atoms with Crippen molar-refractivity contribution in [2.24, 2.45) is 0 Å². The van der Waals surface area contributed by atoms with Gasteiger partial charge < -0.3 is 14.1 Å². The van der Waals surface area contributed by atoms with E-state index < -0.39 is 17.6 Å². The third kappa shape index (κ3) is 3.24. The number of carbonyl (C=O) groups is 1. The van der Waals surface area contributed by atoms with Gasteiger partial charge in [0.1, 0.15) is 11.3 Å². The Balaban J connectivity index is 1.82. The molecule has 28 heavy (non-hydrogen) atoms. The maximum Gasteiger partial charge on any atom is 0.417 e. The second-order valence-electron chi connectivity index (χ2n) is 6.60. The summed E-state index contributed by atoms with van der Waals surface area (Å²) in [6, 6.07) is 0.908. The van der Waals surface area contributed by atoms with Crippen molar-refractivity contribution in [2.75, 3.05) is 20.3 Å². The van der Waals surface area contributed by atoms with E-state index in [0.717, 1.165) is 18.7 Å². The topological polar surface area (TPSA) is 72.9 Å². The highest BCUT2D eigenvalue weighted by atomic mass is 19.4. The summed E-state index contributed by atoms with van der Waals surface area (Å²) >= 11 is 0. The zero-order valence-electron chi connectivity index (χ0n) is 14.9. The number of hydrogen-bond acceptors (Lipinski definition) is 5. The molecule has 0 aliphatic carbocycles. The number of imidazole rings is 1. The molecule has 3 aromatic rings. The van der Waals surface area contributed by atoms with Crippen molar-refractivity contribution < 1.29 is 27.1 Å². The molecule has 1 aliphatic heterocycles. The molecule has 0 unspecified atom stereocenters. The standard InChI is InChI=1S/C18H17F3N4O3/c1-24(12-2-4-27-5-3-12)17(26)14-7-23-16-13(15-8-22-10-28-15)6-11(9-25(14)16)18(19,20)21/h6-10,12H,2-5H2,1H3. The number of rotatable bonds is 3. The lowest BCUT2D eigenvalue weighted by Crippen LogP contribution is -2.41.